The van der Waals surface area contributed by atoms with Crippen molar-refractivity contribution in [3.05, 3.63) is 17.0 Å². The van der Waals surface area contributed by atoms with Crippen LogP contribution in [0.3, 0.4) is 0 Å². The molecule has 0 spiro atoms. The van der Waals surface area contributed by atoms with Gasteiger partial charge in [0, 0.05) is 44.0 Å². The molecular formula is C20H34N4O4S. The van der Waals surface area contributed by atoms with Gasteiger partial charge in [-0.3, -0.25) is 9.69 Å². The van der Waals surface area contributed by atoms with Gasteiger partial charge in [-0.15, -0.1) is 11.8 Å². The fourth-order valence-electron chi connectivity index (χ4n) is 3.02. The van der Waals surface area contributed by atoms with Crippen molar-refractivity contribution < 1.29 is 18.8 Å². The average molecular weight is 427 g/mol. The number of nitrogens with zero attached hydrogens (tertiary/aromatic N) is 3. The van der Waals surface area contributed by atoms with Crippen LogP contribution in [0, 0.1) is 13.8 Å². The summed E-state index contributed by atoms with van der Waals surface area (Å²) in [4.78, 5) is 28.1. The zero-order valence-electron chi connectivity index (χ0n) is 18.2. The van der Waals surface area contributed by atoms with Gasteiger partial charge in [-0.25, -0.2) is 4.79 Å². The molecule has 2 heterocycles. The van der Waals surface area contributed by atoms with Gasteiger partial charge in [-0.05, 0) is 47.6 Å². The Bertz CT molecular complexity index is 659. The van der Waals surface area contributed by atoms with Crippen LogP contribution in [0.1, 0.15) is 44.2 Å². The number of rotatable bonds is 8. The summed E-state index contributed by atoms with van der Waals surface area (Å²) in [6.45, 7) is 14.1. The van der Waals surface area contributed by atoms with Crippen molar-refractivity contribution in [2.45, 2.75) is 52.4 Å². The largest absolute Gasteiger partial charge is 0.444 e. The maximum atomic E-state index is 12.1. The number of aryl methyl sites for hydroxylation is 2. The first kappa shape index (κ1) is 23.5. The molecule has 1 N–H and O–H groups in total. The summed E-state index contributed by atoms with van der Waals surface area (Å²) < 4.78 is 10.5. The first-order valence-corrected chi connectivity index (χ1v) is 11.3. The lowest BCUT2D eigenvalue weighted by molar-refractivity contribution is -0.118. The second-order valence-corrected chi connectivity index (χ2v) is 9.29. The molecule has 1 aromatic rings. The lowest BCUT2D eigenvalue weighted by Crippen LogP contribution is -2.50. The number of carbonyl (C=O) groups excluding carboxylic acids is 2. The van der Waals surface area contributed by atoms with E-state index in [0.717, 1.165) is 48.8 Å². The smallest absolute Gasteiger partial charge is 0.410 e. The van der Waals surface area contributed by atoms with E-state index in [1.54, 1.807) is 16.7 Å². The second-order valence-electron chi connectivity index (χ2n) is 8.31. The first-order valence-electron chi connectivity index (χ1n) is 10.1. The quantitative estimate of drug-likeness (QED) is 0.639. The van der Waals surface area contributed by atoms with Gasteiger partial charge >= 0.3 is 6.09 Å². The lowest BCUT2D eigenvalue weighted by atomic mass is 10.2. The topological polar surface area (TPSA) is 87.9 Å². The molecule has 2 rings (SSSR count). The van der Waals surface area contributed by atoms with Gasteiger partial charge in [0.2, 0.25) is 5.91 Å². The minimum Gasteiger partial charge on any atom is -0.444 e. The van der Waals surface area contributed by atoms with E-state index in [1.165, 1.54) is 0 Å². The molecule has 0 bridgehead atoms. The normalized spacial score (nSPS) is 15.4. The summed E-state index contributed by atoms with van der Waals surface area (Å²) in [6, 6.07) is 0. The van der Waals surface area contributed by atoms with Crippen LogP contribution >= 0.6 is 11.8 Å². The molecule has 29 heavy (non-hydrogen) atoms. The summed E-state index contributed by atoms with van der Waals surface area (Å²) >= 11 is 1.57. The highest BCUT2D eigenvalue weighted by Crippen LogP contribution is 2.19. The van der Waals surface area contributed by atoms with Crippen molar-refractivity contribution in [1.29, 1.82) is 0 Å². The lowest BCUT2D eigenvalue weighted by Gasteiger charge is -2.35. The van der Waals surface area contributed by atoms with Gasteiger partial charge in [-0.1, -0.05) is 5.16 Å². The second kappa shape index (κ2) is 10.9. The highest BCUT2D eigenvalue weighted by Gasteiger charge is 2.25. The van der Waals surface area contributed by atoms with E-state index in [4.69, 9.17) is 9.26 Å². The number of nitrogens with one attached hydrogen (secondary N) is 1. The Morgan fingerprint density at radius 2 is 1.90 bits per heavy atom. The Hall–Kier alpha value is -1.74. The minimum absolute atomic E-state index is 0.0523. The number of piperazine rings is 1. The third-order valence-corrected chi connectivity index (χ3v) is 5.62. The number of hydrogen-bond acceptors (Lipinski definition) is 7. The third-order valence-electron chi connectivity index (χ3n) is 4.66. The van der Waals surface area contributed by atoms with E-state index < -0.39 is 5.60 Å². The van der Waals surface area contributed by atoms with Crippen molar-refractivity contribution in [3.63, 3.8) is 0 Å². The van der Waals surface area contributed by atoms with E-state index in [2.05, 4.69) is 15.4 Å². The Labute approximate surface area is 177 Å². The molecule has 9 heteroatoms. The Balaban J connectivity index is 1.53. The Kier molecular flexibility index (Phi) is 8.82. The molecule has 0 radical (unpaired) electrons. The molecule has 8 nitrogen and oxygen atoms in total. The molecule has 1 aliphatic heterocycles. The van der Waals surface area contributed by atoms with Gasteiger partial charge in [0.05, 0.1) is 11.4 Å². The third kappa shape index (κ3) is 8.26. The Morgan fingerprint density at radius 1 is 1.21 bits per heavy atom. The molecule has 0 atom stereocenters. The fraction of sp³-hybridized carbons (Fsp3) is 0.750. The summed E-state index contributed by atoms with van der Waals surface area (Å²) in [5.41, 5.74) is 1.51. The molecule has 1 aliphatic rings. The number of carbonyl (C=O) groups is 2. The van der Waals surface area contributed by atoms with E-state index in [-0.39, 0.29) is 12.0 Å². The van der Waals surface area contributed by atoms with Crippen LogP contribution < -0.4 is 5.32 Å². The summed E-state index contributed by atoms with van der Waals surface area (Å²) in [7, 11) is 0. The van der Waals surface area contributed by atoms with E-state index in [0.29, 0.717) is 25.4 Å². The first-order chi connectivity index (χ1) is 13.7. The molecule has 1 fully saturated rings. The van der Waals surface area contributed by atoms with Crippen LogP contribution in [0.5, 0.6) is 0 Å². The monoisotopic (exact) mass is 426 g/mol. The molecule has 0 aliphatic carbocycles. The SMILES string of the molecule is Cc1noc(C)c1CSCC(=O)NCCCN1CCN(C(=O)OC(C)(C)C)CC1. The van der Waals surface area contributed by atoms with Crippen molar-refractivity contribution in [2.75, 3.05) is 45.0 Å². The number of thioether (sulfide) groups is 1. The molecule has 0 aromatic carbocycles. The highest BCUT2D eigenvalue weighted by atomic mass is 32.2. The van der Waals surface area contributed by atoms with Crippen LogP contribution in [0.2, 0.25) is 0 Å². The van der Waals surface area contributed by atoms with Crippen LogP contribution in [0.15, 0.2) is 4.52 Å². The molecule has 0 unspecified atom stereocenters. The molecule has 1 aromatic heterocycles. The average Bonchev–Trinajstić information content (AvgIpc) is 2.96. The maximum Gasteiger partial charge on any atom is 0.410 e. The molecule has 164 valence electrons. The van der Waals surface area contributed by atoms with Crippen LogP contribution in [0.4, 0.5) is 4.79 Å². The van der Waals surface area contributed by atoms with Crippen molar-refractivity contribution in [1.82, 2.24) is 20.3 Å². The maximum absolute atomic E-state index is 12.1. The van der Waals surface area contributed by atoms with E-state index >= 15 is 0 Å². The number of amides is 2. The Morgan fingerprint density at radius 3 is 2.48 bits per heavy atom. The predicted octanol–water partition coefficient (Wildman–Crippen LogP) is 2.58. The zero-order chi connectivity index (χ0) is 21.4. The van der Waals surface area contributed by atoms with Crippen molar-refractivity contribution in [3.8, 4) is 0 Å². The highest BCUT2D eigenvalue weighted by molar-refractivity contribution is 7.99. The molecule has 2 amide bonds. The standard InChI is InChI=1S/C20H34N4O4S/c1-15-17(16(2)28-22-15)13-29-14-18(25)21-7-6-8-23-9-11-24(12-10-23)19(26)27-20(3,4)5/h6-14H2,1-5H3,(H,21,25). The van der Waals surface area contributed by atoms with Crippen LogP contribution in [-0.2, 0) is 15.3 Å². The predicted molar refractivity (Wildman–Crippen MR) is 114 cm³/mol. The summed E-state index contributed by atoms with van der Waals surface area (Å²) in [5.74, 6) is 2.04. The summed E-state index contributed by atoms with van der Waals surface area (Å²) in [6.07, 6.45) is 0.658. The number of hydrogen-bond donors (Lipinski definition) is 1. The minimum atomic E-state index is -0.461. The molecule has 1 saturated heterocycles. The van der Waals surface area contributed by atoms with Gasteiger partial charge in [0.1, 0.15) is 11.4 Å². The van der Waals surface area contributed by atoms with Crippen molar-refractivity contribution >= 4 is 23.8 Å². The zero-order valence-corrected chi connectivity index (χ0v) is 19.1. The summed E-state index contributed by atoms with van der Waals surface area (Å²) in [5, 5.41) is 6.90. The van der Waals surface area contributed by atoms with Gasteiger partial charge in [0.25, 0.3) is 0 Å². The molecule has 0 saturated carbocycles. The van der Waals surface area contributed by atoms with Gasteiger partial charge < -0.3 is 19.5 Å². The number of aromatic nitrogens is 1. The van der Waals surface area contributed by atoms with E-state index in [9.17, 15) is 9.59 Å². The van der Waals surface area contributed by atoms with E-state index in [1.807, 2.05) is 34.6 Å². The van der Waals surface area contributed by atoms with Crippen LogP contribution in [-0.4, -0.2) is 77.6 Å². The van der Waals surface area contributed by atoms with Crippen molar-refractivity contribution in [2.24, 2.45) is 0 Å². The van der Waals surface area contributed by atoms with Gasteiger partial charge in [0.15, 0.2) is 0 Å². The van der Waals surface area contributed by atoms with Crippen LogP contribution in [0.25, 0.3) is 0 Å². The fourth-order valence-corrected chi connectivity index (χ4v) is 4.02. The number of ether oxygens (including phenoxy) is 1. The van der Waals surface area contributed by atoms with Gasteiger partial charge in [-0.2, -0.15) is 0 Å². The molecular weight excluding hydrogens is 392 g/mol.